The summed E-state index contributed by atoms with van der Waals surface area (Å²) in [5.74, 6) is 1.00. The van der Waals surface area contributed by atoms with Gasteiger partial charge >= 0.3 is 0 Å². The first-order valence-corrected chi connectivity index (χ1v) is 9.11. The fourth-order valence-corrected chi connectivity index (χ4v) is 2.45. The molecule has 0 heterocycles. The van der Waals surface area contributed by atoms with E-state index in [4.69, 9.17) is 4.74 Å². The van der Waals surface area contributed by atoms with Crippen LogP contribution >= 0.6 is 0 Å². The zero-order valence-corrected chi connectivity index (χ0v) is 14.2. The molecule has 120 valence electrons. The lowest BCUT2D eigenvalue weighted by molar-refractivity contribution is 0.196. The lowest BCUT2D eigenvalue weighted by Gasteiger charge is -2.08. The average molecular weight is 283 g/mol. The Hall–Kier alpha value is -0.460. The van der Waals surface area contributed by atoms with Gasteiger partial charge in [0.2, 0.25) is 0 Å². The van der Waals surface area contributed by atoms with Crippen LogP contribution in [0.25, 0.3) is 0 Å². The van der Waals surface area contributed by atoms with E-state index in [0.717, 1.165) is 18.8 Å². The second-order valence-corrected chi connectivity index (χ2v) is 6.03. The van der Waals surface area contributed by atoms with Crippen LogP contribution in [0.4, 0.5) is 0 Å². The zero-order valence-electron chi connectivity index (χ0n) is 14.2. The molecule has 20 heavy (non-hydrogen) atoms. The highest BCUT2D eigenvalue weighted by Crippen LogP contribution is 2.13. The van der Waals surface area contributed by atoms with Crippen molar-refractivity contribution < 1.29 is 4.74 Å². The molecule has 0 fully saturated rings. The van der Waals surface area contributed by atoms with Crippen LogP contribution in [0.3, 0.4) is 0 Å². The van der Waals surface area contributed by atoms with Crippen LogP contribution < -0.4 is 0 Å². The molecule has 0 aliphatic carbocycles. The highest BCUT2D eigenvalue weighted by atomic mass is 16.5. The van der Waals surface area contributed by atoms with E-state index in [1.54, 1.807) is 0 Å². The van der Waals surface area contributed by atoms with Gasteiger partial charge in [0.25, 0.3) is 0 Å². The third kappa shape index (κ3) is 15.6. The molecule has 1 nitrogen and oxygen atoms in total. The van der Waals surface area contributed by atoms with Gasteiger partial charge in [-0.25, -0.2) is 0 Å². The summed E-state index contributed by atoms with van der Waals surface area (Å²) in [6.45, 7) is 9.37. The molecule has 0 aliphatic heterocycles. The molecule has 0 spiro atoms. The number of unbranched alkanes of at least 4 members (excludes halogenated alkanes) is 11. The molecule has 0 N–H and O–H groups in total. The summed E-state index contributed by atoms with van der Waals surface area (Å²) in [7, 11) is 0. The monoisotopic (exact) mass is 282 g/mol. The predicted molar refractivity (Wildman–Crippen MR) is 91.1 cm³/mol. The second kappa shape index (κ2) is 16.6. The first-order valence-electron chi connectivity index (χ1n) is 9.11. The summed E-state index contributed by atoms with van der Waals surface area (Å²) in [5.41, 5.74) is 0. The summed E-state index contributed by atoms with van der Waals surface area (Å²) >= 11 is 0. The molecule has 1 heteroatoms. The van der Waals surface area contributed by atoms with Crippen molar-refractivity contribution in [1.29, 1.82) is 0 Å². The topological polar surface area (TPSA) is 9.23 Å². The minimum Gasteiger partial charge on any atom is -0.499 e. The minimum absolute atomic E-state index is 0.866. The number of allylic oxidation sites excluding steroid dienone is 1. The smallest absolute Gasteiger partial charge is 0.0888 e. The lowest BCUT2D eigenvalue weighted by atomic mass is 10.1. The predicted octanol–water partition coefficient (Wildman–Crippen LogP) is 7.02. The van der Waals surface area contributed by atoms with E-state index < -0.39 is 0 Å². The summed E-state index contributed by atoms with van der Waals surface area (Å²) in [6, 6.07) is 0. The normalized spacial score (nSPS) is 10.7. The fraction of sp³-hybridized carbons (Fsp3) is 0.895. The van der Waals surface area contributed by atoms with E-state index in [-0.39, 0.29) is 0 Å². The molecule has 0 saturated carbocycles. The lowest BCUT2D eigenvalue weighted by Crippen LogP contribution is -1.94. The molecule has 0 aromatic rings. The average Bonchev–Trinajstić information content (AvgIpc) is 2.45. The van der Waals surface area contributed by atoms with Gasteiger partial charge in [-0.2, -0.15) is 0 Å². The summed E-state index contributed by atoms with van der Waals surface area (Å²) in [4.78, 5) is 0. The molecule has 0 aromatic heterocycles. The number of hydrogen-bond donors (Lipinski definition) is 0. The molecule has 0 atom stereocenters. The van der Waals surface area contributed by atoms with Gasteiger partial charge in [-0.05, 0) is 12.8 Å². The summed E-state index contributed by atoms with van der Waals surface area (Å²) in [6.07, 6.45) is 18.7. The maximum absolute atomic E-state index is 5.63. The van der Waals surface area contributed by atoms with Gasteiger partial charge in [0.05, 0.1) is 12.4 Å². The van der Waals surface area contributed by atoms with E-state index in [1.807, 2.05) is 0 Å². The van der Waals surface area contributed by atoms with E-state index in [2.05, 4.69) is 20.4 Å². The Morgan fingerprint density at radius 1 is 0.650 bits per heavy atom. The van der Waals surface area contributed by atoms with E-state index >= 15 is 0 Å². The van der Waals surface area contributed by atoms with Crippen molar-refractivity contribution in [3.8, 4) is 0 Å². The Morgan fingerprint density at radius 3 is 1.65 bits per heavy atom. The standard InChI is InChI=1S/C19H38O/c1-4-6-8-9-10-11-12-13-14-15-17-19(3)20-18-16-7-5-2/h3-18H2,1-2H3. The highest BCUT2D eigenvalue weighted by Gasteiger charge is 1.97. The largest absolute Gasteiger partial charge is 0.499 e. The van der Waals surface area contributed by atoms with Crippen LogP contribution in [-0.4, -0.2) is 6.61 Å². The van der Waals surface area contributed by atoms with Crippen molar-refractivity contribution in [1.82, 2.24) is 0 Å². The summed E-state index contributed by atoms with van der Waals surface area (Å²) < 4.78 is 5.63. The van der Waals surface area contributed by atoms with Crippen molar-refractivity contribution in [2.75, 3.05) is 6.61 Å². The third-order valence-corrected chi connectivity index (χ3v) is 3.86. The van der Waals surface area contributed by atoms with Crippen molar-refractivity contribution in [3.05, 3.63) is 12.3 Å². The molecular formula is C19H38O. The molecular weight excluding hydrogens is 244 g/mol. The van der Waals surface area contributed by atoms with E-state index in [0.29, 0.717) is 0 Å². The second-order valence-electron chi connectivity index (χ2n) is 6.03. The van der Waals surface area contributed by atoms with Crippen molar-refractivity contribution in [3.63, 3.8) is 0 Å². The Kier molecular flexibility index (Phi) is 16.2. The van der Waals surface area contributed by atoms with Gasteiger partial charge in [0.15, 0.2) is 0 Å². The molecule has 0 aromatic carbocycles. The Labute approximate surface area is 128 Å². The van der Waals surface area contributed by atoms with Gasteiger partial charge < -0.3 is 4.74 Å². The summed E-state index contributed by atoms with van der Waals surface area (Å²) in [5, 5.41) is 0. The van der Waals surface area contributed by atoms with Gasteiger partial charge in [-0.15, -0.1) is 0 Å². The molecule has 0 unspecified atom stereocenters. The fourth-order valence-electron chi connectivity index (χ4n) is 2.45. The Bertz CT molecular complexity index is 198. The molecule has 0 saturated heterocycles. The van der Waals surface area contributed by atoms with Gasteiger partial charge in [-0.1, -0.05) is 91.1 Å². The quantitative estimate of drug-likeness (QED) is 0.218. The number of hydrogen-bond acceptors (Lipinski definition) is 1. The van der Waals surface area contributed by atoms with Crippen LogP contribution in [-0.2, 0) is 4.74 Å². The number of ether oxygens (including phenoxy) is 1. The van der Waals surface area contributed by atoms with Crippen LogP contribution in [0.1, 0.15) is 104 Å². The minimum atomic E-state index is 0.866. The van der Waals surface area contributed by atoms with Crippen LogP contribution in [0.5, 0.6) is 0 Å². The van der Waals surface area contributed by atoms with Crippen LogP contribution in [0.15, 0.2) is 12.3 Å². The van der Waals surface area contributed by atoms with E-state index in [9.17, 15) is 0 Å². The SMILES string of the molecule is C=C(CCCCCCCCCCCC)OCCCCC. The molecule has 0 aliphatic rings. The maximum Gasteiger partial charge on any atom is 0.0888 e. The first-order chi connectivity index (χ1) is 9.81. The van der Waals surface area contributed by atoms with Gasteiger partial charge in [-0.3, -0.25) is 0 Å². The molecule has 0 radical (unpaired) electrons. The number of rotatable bonds is 16. The van der Waals surface area contributed by atoms with Crippen LogP contribution in [0.2, 0.25) is 0 Å². The Balaban J connectivity index is 3.09. The van der Waals surface area contributed by atoms with Gasteiger partial charge in [0, 0.05) is 6.42 Å². The van der Waals surface area contributed by atoms with Crippen molar-refractivity contribution in [2.24, 2.45) is 0 Å². The van der Waals surface area contributed by atoms with E-state index in [1.165, 1.54) is 83.5 Å². The molecule has 0 amide bonds. The highest BCUT2D eigenvalue weighted by molar-refractivity contribution is 4.81. The zero-order chi connectivity index (χ0) is 14.9. The first kappa shape index (κ1) is 19.5. The molecule has 0 bridgehead atoms. The van der Waals surface area contributed by atoms with Crippen LogP contribution in [0, 0.1) is 0 Å². The Morgan fingerprint density at radius 2 is 1.10 bits per heavy atom. The van der Waals surface area contributed by atoms with Crippen molar-refractivity contribution >= 4 is 0 Å². The third-order valence-electron chi connectivity index (χ3n) is 3.86. The molecule has 0 rings (SSSR count). The van der Waals surface area contributed by atoms with Gasteiger partial charge in [0.1, 0.15) is 0 Å². The van der Waals surface area contributed by atoms with Crippen molar-refractivity contribution in [2.45, 2.75) is 104 Å². The maximum atomic E-state index is 5.63.